The maximum Gasteiger partial charge on any atom is 0.416 e. The molecule has 0 aliphatic carbocycles. The average molecular weight is 398 g/mol. The van der Waals surface area contributed by atoms with E-state index in [1.807, 2.05) is 11.0 Å². The Morgan fingerprint density at radius 3 is 2.43 bits per heavy atom. The van der Waals surface area contributed by atoms with Crippen LogP contribution in [0.1, 0.15) is 24.8 Å². The first-order valence-corrected chi connectivity index (χ1v) is 9.26. The van der Waals surface area contributed by atoms with Crippen molar-refractivity contribution in [2.75, 3.05) is 31.1 Å². The van der Waals surface area contributed by atoms with Gasteiger partial charge in [-0.3, -0.25) is 4.79 Å². The number of anilines is 1. The first kappa shape index (κ1) is 20.4. The van der Waals surface area contributed by atoms with Crippen LogP contribution in [0.5, 0.6) is 0 Å². The molecule has 2 unspecified atom stereocenters. The van der Waals surface area contributed by atoms with Gasteiger partial charge < -0.3 is 15.1 Å². The third-order valence-electron chi connectivity index (χ3n) is 5.32. The van der Waals surface area contributed by atoms with Crippen molar-refractivity contribution in [3.8, 4) is 6.07 Å². The van der Waals surface area contributed by atoms with Crippen molar-refractivity contribution in [3.63, 3.8) is 0 Å². The molecular weight excluding hydrogens is 376 g/mol. The monoisotopic (exact) mass is 398 g/mol. The molecule has 152 valence electrons. The van der Waals surface area contributed by atoms with E-state index in [9.17, 15) is 22.4 Å². The van der Waals surface area contributed by atoms with Crippen molar-refractivity contribution in [1.82, 2.24) is 10.2 Å². The number of hydrogen-bond acceptors (Lipinski definition) is 4. The number of rotatable bonds is 4. The van der Waals surface area contributed by atoms with Crippen molar-refractivity contribution < 1.29 is 22.4 Å². The molecule has 2 saturated heterocycles. The van der Waals surface area contributed by atoms with Gasteiger partial charge in [0.1, 0.15) is 12.2 Å². The summed E-state index contributed by atoms with van der Waals surface area (Å²) >= 11 is 0. The van der Waals surface area contributed by atoms with Crippen LogP contribution >= 0.6 is 0 Å². The molecule has 1 aromatic rings. The van der Waals surface area contributed by atoms with Crippen molar-refractivity contribution in [1.29, 1.82) is 5.26 Å². The Balaban J connectivity index is 1.45. The third kappa shape index (κ3) is 4.73. The van der Waals surface area contributed by atoms with Crippen LogP contribution in [0.2, 0.25) is 0 Å². The van der Waals surface area contributed by atoms with E-state index in [1.165, 1.54) is 17.0 Å². The molecule has 0 saturated carbocycles. The summed E-state index contributed by atoms with van der Waals surface area (Å²) in [4.78, 5) is 15.5. The molecule has 5 nitrogen and oxygen atoms in total. The Hall–Kier alpha value is -2.34. The molecule has 0 radical (unpaired) electrons. The van der Waals surface area contributed by atoms with E-state index in [0.717, 1.165) is 30.7 Å². The SMILES string of the molecule is N#CC1CC(F)CN1C(=O)CNC1CCN(c2ccc(C(F)(F)F)cc2)CC1. The topological polar surface area (TPSA) is 59.4 Å². The number of alkyl halides is 4. The van der Waals surface area contributed by atoms with Crippen molar-refractivity contribution in [2.24, 2.45) is 0 Å². The highest BCUT2D eigenvalue weighted by Crippen LogP contribution is 2.31. The second kappa shape index (κ2) is 8.35. The fourth-order valence-electron chi connectivity index (χ4n) is 3.72. The molecule has 28 heavy (non-hydrogen) atoms. The Morgan fingerprint density at radius 1 is 1.21 bits per heavy atom. The molecule has 2 heterocycles. The summed E-state index contributed by atoms with van der Waals surface area (Å²) in [5, 5.41) is 12.2. The number of piperidine rings is 1. The zero-order chi connectivity index (χ0) is 20.3. The number of hydrogen-bond donors (Lipinski definition) is 1. The summed E-state index contributed by atoms with van der Waals surface area (Å²) in [6.07, 6.45) is -3.96. The normalized spacial score (nSPS) is 23.7. The van der Waals surface area contributed by atoms with Gasteiger partial charge in [-0.2, -0.15) is 18.4 Å². The van der Waals surface area contributed by atoms with Gasteiger partial charge in [-0.15, -0.1) is 0 Å². The molecule has 3 rings (SSSR count). The maximum absolute atomic E-state index is 13.4. The van der Waals surface area contributed by atoms with Gasteiger partial charge in [-0.05, 0) is 37.1 Å². The smallest absolute Gasteiger partial charge is 0.371 e. The summed E-state index contributed by atoms with van der Waals surface area (Å²) in [6.45, 7) is 1.34. The number of likely N-dealkylation sites (tertiary alicyclic amines) is 1. The minimum absolute atomic E-state index is 0.0366. The first-order valence-electron chi connectivity index (χ1n) is 9.26. The van der Waals surface area contributed by atoms with Gasteiger partial charge in [0.05, 0.1) is 24.7 Å². The van der Waals surface area contributed by atoms with Gasteiger partial charge in [0.15, 0.2) is 0 Å². The van der Waals surface area contributed by atoms with E-state index in [-0.39, 0.29) is 31.5 Å². The minimum atomic E-state index is -4.34. The van der Waals surface area contributed by atoms with Gasteiger partial charge in [0, 0.05) is 31.2 Å². The molecule has 2 aliphatic rings. The summed E-state index contributed by atoms with van der Waals surface area (Å²) in [5.41, 5.74) is 0.0739. The van der Waals surface area contributed by atoms with Crippen molar-refractivity contribution in [2.45, 2.75) is 43.7 Å². The first-order chi connectivity index (χ1) is 13.3. The number of halogens is 4. The molecule has 0 aromatic heterocycles. The summed E-state index contributed by atoms with van der Waals surface area (Å²) in [7, 11) is 0. The van der Waals surface area contributed by atoms with E-state index < -0.39 is 24.0 Å². The lowest BCUT2D eigenvalue weighted by Crippen LogP contribution is -2.47. The summed E-state index contributed by atoms with van der Waals surface area (Å²) in [6, 6.07) is 6.47. The molecule has 0 spiro atoms. The lowest BCUT2D eigenvalue weighted by molar-refractivity contribution is -0.137. The van der Waals surface area contributed by atoms with Crippen LogP contribution in [0.4, 0.5) is 23.2 Å². The zero-order valence-corrected chi connectivity index (χ0v) is 15.3. The van der Waals surface area contributed by atoms with Gasteiger partial charge in [0.2, 0.25) is 5.91 Å². The van der Waals surface area contributed by atoms with Crippen LogP contribution in [-0.4, -0.2) is 55.2 Å². The predicted octanol–water partition coefficient (Wildman–Crippen LogP) is 2.73. The highest BCUT2D eigenvalue weighted by molar-refractivity contribution is 5.79. The van der Waals surface area contributed by atoms with Crippen LogP contribution < -0.4 is 10.2 Å². The van der Waals surface area contributed by atoms with Gasteiger partial charge in [-0.25, -0.2) is 4.39 Å². The molecule has 2 aliphatic heterocycles. The third-order valence-corrected chi connectivity index (χ3v) is 5.32. The highest BCUT2D eigenvalue weighted by Gasteiger charge is 2.35. The molecule has 9 heteroatoms. The van der Waals surface area contributed by atoms with Crippen LogP contribution in [0, 0.1) is 11.3 Å². The molecule has 1 aromatic carbocycles. The number of nitrogens with zero attached hydrogens (tertiary/aromatic N) is 3. The Kier molecular flexibility index (Phi) is 6.08. The number of carbonyl (C=O) groups excluding carboxylic acids is 1. The van der Waals surface area contributed by atoms with Crippen LogP contribution in [-0.2, 0) is 11.0 Å². The van der Waals surface area contributed by atoms with E-state index >= 15 is 0 Å². The quantitative estimate of drug-likeness (QED) is 0.793. The fourth-order valence-corrected chi connectivity index (χ4v) is 3.72. The van der Waals surface area contributed by atoms with Crippen LogP contribution in [0.3, 0.4) is 0 Å². The predicted molar refractivity (Wildman–Crippen MR) is 95.3 cm³/mol. The molecule has 0 bridgehead atoms. The van der Waals surface area contributed by atoms with Gasteiger partial charge in [-0.1, -0.05) is 0 Å². The zero-order valence-electron chi connectivity index (χ0n) is 15.3. The largest absolute Gasteiger partial charge is 0.416 e. The average Bonchev–Trinajstić information content (AvgIpc) is 3.07. The second-order valence-corrected chi connectivity index (χ2v) is 7.21. The summed E-state index contributed by atoms with van der Waals surface area (Å²) < 4.78 is 51.4. The van der Waals surface area contributed by atoms with Crippen LogP contribution in [0.15, 0.2) is 24.3 Å². The molecule has 2 fully saturated rings. The Bertz CT molecular complexity index is 723. The number of carbonyl (C=O) groups is 1. The van der Waals surface area contributed by atoms with Crippen molar-refractivity contribution >= 4 is 11.6 Å². The van der Waals surface area contributed by atoms with Crippen LogP contribution in [0.25, 0.3) is 0 Å². The van der Waals surface area contributed by atoms with Crippen molar-refractivity contribution in [3.05, 3.63) is 29.8 Å². The number of nitriles is 1. The van der Waals surface area contributed by atoms with E-state index in [2.05, 4.69) is 5.32 Å². The van der Waals surface area contributed by atoms with Gasteiger partial charge >= 0.3 is 6.18 Å². The maximum atomic E-state index is 13.4. The van der Waals surface area contributed by atoms with E-state index in [1.54, 1.807) is 0 Å². The molecule has 1 amide bonds. The van der Waals surface area contributed by atoms with E-state index in [0.29, 0.717) is 13.1 Å². The van der Waals surface area contributed by atoms with E-state index in [4.69, 9.17) is 5.26 Å². The number of nitrogens with one attached hydrogen (secondary N) is 1. The summed E-state index contributed by atoms with van der Waals surface area (Å²) in [5.74, 6) is -0.281. The lowest BCUT2D eigenvalue weighted by atomic mass is 10.0. The highest BCUT2D eigenvalue weighted by atomic mass is 19.4. The molecule has 1 N–H and O–H groups in total. The van der Waals surface area contributed by atoms with Gasteiger partial charge in [0.25, 0.3) is 0 Å². The Morgan fingerprint density at radius 2 is 1.86 bits per heavy atom. The lowest BCUT2D eigenvalue weighted by Gasteiger charge is -2.34. The number of amides is 1. The minimum Gasteiger partial charge on any atom is -0.371 e. The molecule has 2 atom stereocenters. The number of benzene rings is 1. The standard InChI is InChI=1S/C19H22F4N4O/c20-14-9-17(10-24)27(12-14)18(28)11-25-15-5-7-26(8-6-15)16-3-1-13(2-4-16)19(21,22)23/h1-4,14-15,17,25H,5-9,11-12H2. The Labute approximate surface area is 160 Å². The fraction of sp³-hybridized carbons (Fsp3) is 0.579. The molecular formula is C19H22F4N4O. The second-order valence-electron chi connectivity index (χ2n) is 7.21.